The molecule has 4 nitrogen and oxygen atoms in total. The standard InChI is InChI=1S/C15H15F3N2S2.C2H4O2/c1-9(11-5-4-6-12(7-11)21-3)22-10(2)13-8-14(20-19-13)15(16,17)18;1-2(3)4/h4-8,14,19-20H,1-2H2,3H3;1H3,(H,3,4). The van der Waals surface area contributed by atoms with Crippen LogP contribution in [-0.2, 0) is 4.79 Å². The number of carboxylic acids is 1. The van der Waals surface area contributed by atoms with E-state index in [2.05, 4.69) is 24.0 Å². The van der Waals surface area contributed by atoms with Crippen LogP contribution < -0.4 is 10.9 Å². The molecule has 142 valence electrons. The molecule has 1 atom stereocenters. The van der Waals surface area contributed by atoms with Crippen LogP contribution in [0.5, 0.6) is 0 Å². The van der Waals surface area contributed by atoms with E-state index in [9.17, 15) is 13.2 Å². The molecule has 0 radical (unpaired) electrons. The zero-order valence-corrected chi connectivity index (χ0v) is 15.8. The van der Waals surface area contributed by atoms with Crippen molar-refractivity contribution in [2.24, 2.45) is 0 Å². The van der Waals surface area contributed by atoms with Crippen molar-refractivity contribution >= 4 is 34.4 Å². The zero-order valence-electron chi connectivity index (χ0n) is 14.2. The number of alkyl halides is 3. The lowest BCUT2D eigenvalue weighted by Crippen LogP contribution is -2.42. The summed E-state index contributed by atoms with van der Waals surface area (Å²) in [7, 11) is 0. The van der Waals surface area contributed by atoms with E-state index in [1.165, 1.54) is 11.8 Å². The normalized spacial score (nSPS) is 16.0. The summed E-state index contributed by atoms with van der Waals surface area (Å²) in [6.45, 7) is 8.88. The Hall–Kier alpha value is -1.84. The largest absolute Gasteiger partial charge is 0.481 e. The maximum Gasteiger partial charge on any atom is 0.409 e. The van der Waals surface area contributed by atoms with E-state index < -0.39 is 18.2 Å². The van der Waals surface area contributed by atoms with Gasteiger partial charge in [0, 0.05) is 21.6 Å². The first-order chi connectivity index (χ1) is 12.0. The molecule has 9 heteroatoms. The molecule has 0 saturated heterocycles. The van der Waals surface area contributed by atoms with Crippen molar-refractivity contribution in [1.82, 2.24) is 10.9 Å². The maximum absolute atomic E-state index is 12.6. The van der Waals surface area contributed by atoms with E-state index >= 15 is 0 Å². The van der Waals surface area contributed by atoms with Crippen molar-refractivity contribution in [2.75, 3.05) is 6.26 Å². The summed E-state index contributed by atoms with van der Waals surface area (Å²) >= 11 is 2.86. The molecule has 0 aromatic heterocycles. The highest BCUT2D eigenvalue weighted by atomic mass is 32.2. The smallest absolute Gasteiger partial charge is 0.409 e. The third kappa shape index (κ3) is 7.19. The lowest BCUT2D eigenvalue weighted by atomic mass is 10.2. The SMILES string of the molecule is C=C(SC(=C)c1cccc(SC)c1)C1=CC(C(F)(F)F)NN1.CC(=O)O. The minimum atomic E-state index is -4.33. The lowest BCUT2D eigenvalue weighted by molar-refractivity contribution is -0.144. The summed E-state index contributed by atoms with van der Waals surface area (Å²) in [4.78, 5) is 11.3. The number of nitrogens with one attached hydrogen (secondary N) is 2. The molecule has 3 N–H and O–H groups in total. The Morgan fingerprint density at radius 3 is 2.38 bits per heavy atom. The summed E-state index contributed by atoms with van der Waals surface area (Å²) in [5.41, 5.74) is 5.96. The molecule has 1 aromatic carbocycles. The molecule has 0 fully saturated rings. The summed E-state index contributed by atoms with van der Waals surface area (Å²) in [5, 5.41) is 7.42. The monoisotopic (exact) mass is 404 g/mol. The molecule has 1 heterocycles. The number of benzene rings is 1. The van der Waals surface area contributed by atoms with Gasteiger partial charge in [-0.25, -0.2) is 5.43 Å². The fourth-order valence-corrected chi connectivity index (χ4v) is 3.03. The van der Waals surface area contributed by atoms with Crippen molar-refractivity contribution in [3.8, 4) is 0 Å². The minimum absolute atomic E-state index is 0.328. The second-order valence-corrected chi connectivity index (χ2v) is 7.14. The average Bonchev–Trinajstić information content (AvgIpc) is 3.04. The molecule has 1 unspecified atom stereocenters. The predicted octanol–water partition coefficient (Wildman–Crippen LogP) is 4.64. The number of carbonyl (C=O) groups is 1. The third-order valence-electron chi connectivity index (χ3n) is 2.99. The van der Waals surface area contributed by atoms with Crippen molar-refractivity contribution in [3.63, 3.8) is 0 Å². The van der Waals surface area contributed by atoms with Crippen LogP contribution in [0.4, 0.5) is 13.2 Å². The van der Waals surface area contributed by atoms with Crippen LogP contribution in [0.2, 0.25) is 0 Å². The van der Waals surface area contributed by atoms with Crippen LogP contribution in [0.3, 0.4) is 0 Å². The van der Waals surface area contributed by atoms with E-state index in [-0.39, 0.29) is 0 Å². The highest BCUT2D eigenvalue weighted by Gasteiger charge is 2.41. The highest BCUT2D eigenvalue weighted by molar-refractivity contribution is 8.11. The Kier molecular flexibility index (Phi) is 8.32. The predicted molar refractivity (Wildman–Crippen MR) is 101 cm³/mol. The van der Waals surface area contributed by atoms with E-state index in [1.54, 1.807) is 11.8 Å². The van der Waals surface area contributed by atoms with Gasteiger partial charge >= 0.3 is 6.18 Å². The number of hydrogen-bond acceptors (Lipinski definition) is 5. The summed E-state index contributed by atoms with van der Waals surface area (Å²) in [5.74, 6) is -0.833. The Bertz CT molecular complexity index is 714. The second-order valence-electron chi connectivity index (χ2n) is 5.07. The van der Waals surface area contributed by atoms with Crippen molar-refractivity contribution in [3.05, 3.63) is 59.7 Å². The minimum Gasteiger partial charge on any atom is -0.481 e. The molecule has 2 rings (SSSR count). The number of hydrogen-bond donors (Lipinski definition) is 3. The van der Waals surface area contributed by atoms with E-state index in [4.69, 9.17) is 9.90 Å². The molecule has 0 aliphatic carbocycles. The Balaban J connectivity index is 0.000000765. The van der Waals surface area contributed by atoms with Gasteiger partial charge in [0.2, 0.25) is 0 Å². The van der Waals surface area contributed by atoms with Crippen molar-refractivity contribution in [1.29, 1.82) is 0 Å². The van der Waals surface area contributed by atoms with Gasteiger partial charge in [-0.2, -0.15) is 13.2 Å². The highest BCUT2D eigenvalue weighted by Crippen LogP contribution is 2.36. The lowest BCUT2D eigenvalue weighted by Gasteiger charge is -2.12. The van der Waals surface area contributed by atoms with Gasteiger partial charge in [0.15, 0.2) is 0 Å². The first-order valence-electron chi connectivity index (χ1n) is 7.24. The second kappa shape index (κ2) is 9.75. The van der Waals surface area contributed by atoms with Gasteiger partial charge in [-0.3, -0.25) is 4.79 Å². The summed E-state index contributed by atoms with van der Waals surface area (Å²) in [6, 6.07) is 6.10. The number of aliphatic carboxylic acids is 1. The van der Waals surface area contributed by atoms with Crippen LogP contribution in [0.15, 0.2) is 59.0 Å². The van der Waals surface area contributed by atoms with Gasteiger partial charge in [0.25, 0.3) is 5.97 Å². The molecular weight excluding hydrogens is 385 g/mol. The molecule has 1 aliphatic rings. The van der Waals surface area contributed by atoms with Gasteiger partial charge in [0.05, 0.1) is 5.70 Å². The van der Waals surface area contributed by atoms with Gasteiger partial charge in [-0.1, -0.05) is 37.1 Å². The quantitative estimate of drug-likeness (QED) is 0.622. The zero-order chi connectivity index (χ0) is 19.9. The average molecular weight is 404 g/mol. The first-order valence-corrected chi connectivity index (χ1v) is 9.28. The number of carboxylic acid groups (broad SMARTS) is 1. The fraction of sp³-hybridized carbons (Fsp3) is 0.235. The topological polar surface area (TPSA) is 61.4 Å². The van der Waals surface area contributed by atoms with Crippen molar-refractivity contribution in [2.45, 2.75) is 24.0 Å². The van der Waals surface area contributed by atoms with Crippen LogP contribution in [0.25, 0.3) is 4.91 Å². The Labute approximate surface area is 158 Å². The van der Waals surface area contributed by atoms with E-state index in [0.717, 1.165) is 28.4 Å². The van der Waals surface area contributed by atoms with E-state index in [0.29, 0.717) is 10.6 Å². The number of thioether (sulfide) groups is 2. The molecule has 0 spiro atoms. The molecular formula is C17H19F3N2O2S2. The number of rotatable bonds is 5. The molecule has 0 amide bonds. The van der Waals surface area contributed by atoms with Crippen LogP contribution in [0, 0.1) is 0 Å². The molecule has 26 heavy (non-hydrogen) atoms. The van der Waals surface area contributed by atoms with E-state index in [1.807, 2.05) is 30.5 Å². The molecule has 0 saturated carbocycles. The summed E-state index contributed by atoms with van der Waals surface area (Å²) in [6.07, 6.45) is -1.27. The number of halogens is 3. The van der Waals surface area contributed by atoms with Crippen LogP contribution in [-0.4, -0.2) is 29.5 Å². The van der Waals surface area contributed by atoms with Gasteiger partial charge in [-0.15, -0.1) is 11.8 Å². The fourth-order valence-electron chi connectivity index (χ4n) is 1.80. The maximum atomic E-state index is 12.6. The molecule has 1 aromatic rings. The Morgan fingerprint density at radius 1 is 1.27 bits per heavy atom. The first kappa shape index (κ1) is 22.2. The van der Waals surface area contributed by atoms with Gasteiger partial charge in [0.1, 0.15) is 6.04 Å². The van der Waals surface area contributed by atoms with Crippen molar-refractivity contribution < 1.29 is 23.1 Å². The molecule has 1 aliphatic heterocycles. The third-order valence-corrected chi connectivity index (χ3v) is 4.66. The van der Waals surface area contributed by atoms with Gasteiger partial charge < -0.3 is 10.5 Å². The van der Waals surface area contributed by atoms with Gasteiger partial charge in [-0.05, 0) is 30.0 Å². The molecule has 0 bridgehead atoms. The summed E-state index contributed by atoms with van der Waals surface area (Å²) < 4.78 is 37.8. The van der Waals surface area contributed by atoms with Crippen LogP contribution in [0.1, 0.15) is 12.5 Å². The van der Waals surface area contributed by atoms with Crippen LogP contribution >= 0.6 is 23.5 Å². The Morgan fingerprint density at radius 2 is 1.88 bits per heavy atom. The number of hydrazine groups is 1.